The van der Waals surface area contributed by atoms with Gasteiger partial charge in [0, 0.05) is 29.5 Å². The summed E-state index contributed by atoms with van der Waals surface area (Å²) >= 11 is 1.24. The first kappa shape index (κ1) is 18.1. The summed E-state index contributed by atoms with van der Waals surface area (Å²) in [5, 5.41) is 13.0. The van der Waals surface area contributed by atoms with Crippen molar-refractivity contribution in [3.05, 3.63) is 65.2 Å². The van der Waals surface area contributed by atoms with Crippen molar-refractivity contribution >= 4 is 40.4 Å². The molecule has 0 saturated heterocycles. The van der Waals surface area contributed by atoms with Crippen LogP contribution >= 0.6 is 11.8 Å². The van der Waals surface area contributed by atoms with Gasteiger partial charge in [0.1, 0.15) is 5.70 Å². The fourth-order valence-electron chi connectivity index (χ4n) is 3.01. The number of para-hydroxylation sites is 2. The summed E-state index contributed by atoms with van der Waals surface area (Å²) in [7, 11) is 1.30. The average Bonchev–Trinajstić information content (AvgIpc) is 3.00. The quantitative estimate of drug-likeness (QED) is 0.646. The van der Waals surface area contributed by atoms with Crippen LogP contribution in [0.1, 0.15) is 5.69 Å². The van der Waals surface area contributed by atoms with Gasteiger partial charge < -0.3 is 15.2 Å². The number of aliphatic carboxylic acids is 1. The number of hydrogen-bond donors (Lipinski definition) is 2. The first-order valence-corrected chi connectivity index (χ1v) is 9.36. The second kappa shape index (κ2) is 7.35. The number of nitrogens with zero attached hydrogens (tertiary/aromatic N) is 3. The van der Waals surface area contributed by atoms with E-state index in [9.17, 15) is 14.7 Å². The number of fused-ring (bicyclic) bond motifs is 3. The van der Waals surface area contributed by atoms with Gasteiger partial charge in [-0.3, -0.25) is 9.38 Å². The van der Waals surface area contributed by atoms with Crippen molar-refractivity contribution in [2.45, 2.75) is 11.7 Å². The molecule has 3 heterocycles. The first-order chi connectivity index (χ1) is 13.6. The molecule has 2 N–H and O–H groups in total. The maximum Gasteiger partial charge on any atom is 0.352 e. The zero-order chi connectivity index (χ0) is 19.7. The van der Waals surface area contributed by atoms with E-state index < -0.39 is 11.9 Å². The minimum atomic E-state index is -1.10. The second-order valence-electron chi connectivity index (χ2n) is 6.11. The third-order valence-electron chi connectivity index (χ3n) is 4.37. The van der Waals surface area contributed by atoms with Gasteiger partial charge in [-0.2, -0.15) is 0 Å². The molecule has 1 unspecified atom stereocenters. The molecule has 9 heteroatoms. The number of thioether (sulfide) groups is 1. The molecule has 0 spiro atoms. The number of esters is 1. The van der Waals surface area contributed by atoms with E-state index in [1.54, 1.807) is 6.20 Å². The van der Waals surface area contributed by atoms with Crippen LogP contribution in [0.25, 0.3) is 16.7 Å². The predicted octanol–water partition coefficient (Wildman–Crippen LogP) is 2.11. The number of carbonyl (C=O) groups excluding carboxylic acids is 1. The lowest BCUT2D eigenvalue weighted by molar-refractivity contribution is -0.136. The predicted molar refractivity (Wildman–Crippen MR) is 105 cm³/mol. The van der Waals surface area contributed by atoms with Crippen molar-refractivity contribution in [1.82, 2.24) is 19.7 Å². The molecule has 142 valence electrons. The van der Waals surface area contributed by atoms with Gasteiger partial charge in [-0.1, -0.05) is 12.1 Å². The molecule has 1 atom stereocenters. The Labute approximate surface area is 163 Å². The Morgan fingerprint density at radius 1 is 1.36 bits per heavy atom. The molecule has 8 nitrogen and oxygen atoms in total. The third-order valence-corrected chi connectivity index (χ3v) is 5.49. The van der Waals surface area contributed by atoms with Crippen LogP contribution in [-0.2, 0) is 20.7 Å². The van der Waals surface area contributed by atoms with Crippen molar-refractivity contribution in [2.75, 3.05) is 7.11 Å². The van der Waals surface area contributed by atoms with Crippen LogP contribution in [0.3, 0.4) is 0 Å². The Bertz CT molecular complexity index is 1150. The maximum absolute atomic E-state index is 12.2. The van der Waals surface area contributed by atoms with Crippen LogP contribution in [0, 0.1) is 0 Å². The molecule has 0 radical (unpaired) electrons. The molecule has 1 aliphatic rings. The van der Waals surface area contributed by atoms with E-state index in [2.05, 4.69) is 15.3 Å². The highest BCUT2D eigenvalue weighted by molar-refractivity contribution is 8.03. The SMILES string of the molecule is COC(=O)C1=CNC(C(=O)O)=CSC1Cc1cn2c(cnc3ccccc32)n1. The minimum absolute atomic E-state index is 0.000835. The standard InChI is InChI=1S/C19H16N4O4S/c1-27-19(26)12-7-20-14(18(24)25)10-28-16(12)6-11-9-23-15-5-3-2-4-13(15)21-8-17(23)22-11/h2-5,7-10,16,20H,6H2,1H3,(H,24,25). The number of rotatable bonds is 4. The van der Waals surface area contributed by atoms with Gasteiger partial charge in [0.05, 0.1) is 35.6 Å². The second-order valence-corrected chi connectivity index (χ2v) is 7.19. The van der Waals surface area contributed by atoms with Crippen LogP contribution in [0.2, 0.25) is 0 Å². The largest absolute Gasteiger partial charge is 0.477 e. The molecule has 0 bridgehead atoms. The summed E-state index contributed by atoms with van der Waals surface area (Å²) in [5.41, 5.74) is 3.61. The number of carbonyl (C=O) groups is 2. The number of nitrogens with one attached hydrogen (secondary N) is 1. The lowest BCUT2D eigenvalue weighted by Gasteiger charge is -2.14. The number of methoxy groups -OCH3 is 1. The lowest BCUT2D eigenvalue weighted by atomic mass is 10.1. The highest BCUT2D eigenvalue weighted by Crippen LogP contribution is 2.28. The number of carboxylic acids is 1. The monoisotopic (exact) mass is 396 g/mol. The maximum atomic E-state index is 12.2. The molecule has 2 aromatic heterocycles. The molecule has 0 fully saturated rings. The normalized spacial score (nSPS) is 16.8. The fraction of sp³-hybridized carbons (Fsp3) is 0.158. The van der Waals surface area contributed by atoms with Gasteiger partial charge in [0.15, 0.2) is 5.65 Å². The van der Waals surface area contributed by atoms with Crippen molar-refractivity contribution in [3.8, 4) is 0 Å². The number of imidazole rings is 1. The summed E-state index contributed by atoms with van der Waals surface area (Å²) in [4.78, 5) is 32.5. The lowest BCUT2D eigenvalue weighted by Crippen LogP contribution is -2.21. The van der Waals surface area contributed by atoms with Crippen LogP contribution in [0.4, 0.5) is 0 Å². The Hall–Kier alpha value is -3.33. The van der Waals surface area contributed by atoms with Gasteiger partial charge in [0.2, 0.25) is 0 Å². The highest BCUT2D eigenvalue weighted by Gasteiger charge is 2.26. The van der Waals surface area contributed by atoms with Crippen LogP contribution in [0.5, 0.6) is 0 Å². The van der Waals surface area contributed by atoms with Gasteiger partial charge in [-0.15, -0.1) is 11.8 Å². The van der Waals surface area contributed by atoms with Crippen molar-refractivity contribution < 1.29 is 19.4 Å². The molecule has 4 rings (SSSR count). The zero-order valence-electron chi connectivity index (χ0n) is 14.8. The van der Waals surface area contributed by atoms with Crippen molar-refractivity contribution in [1.29, 1.82) is 0 Å². The Morgan fingerprint density at radius 3 is 2.96 bits per heavy atom. The number of hydrogen-bond acceptors (Lipinski definition) is 7. The Balaban J connectivity index is 1.70. The summed E-state index contributed by atoms with van der Waals surface area (Å²) in [6.07, 6.45) is 5.43. The van der Waals surface area contributed by atoms with Crippen LogP contribution in [-0.4, -0.2) is 43.8 Å². The van der Waals surface area contributed by atoms with E-state index in [-0.39, 0.29) is 10.9 Å². The summed E-state index contributed by atoms with van der Waals surface area (Å²) in [6.45, 7) is 0. The van der Waals surface area contributed by atoms with Crippen LogP contribution < -0.4 is 5.32 Å². The molecule has 0 amide bonds. The number of aromatic nitrogens is 3. The Kier molecular flexibility index (Phi) is 4.74. The fourth-order valence-corrected chi connectivity index (χ4v) is 4.05. The number of carboxylic acid groups (broad SMARTS) is 1. The smallest absolute Gasteiger partial charge is 0.352 e. The van der Waals surface area contributed by atoms with Gasteiger partial charge in [-0.25, -0.2) is 14.6 Å². The molecular formula is C19H16N4O4S. The minimum Gasteiger partial charge on any atom is -0.477 e. The van der Waals surface area contributed by atoms with E-state index in [4.69, 9.17) is 4.74 Å². The Morgan fingerprint density at radius 2 is 2.18 bits per heavy atom. The van der Waals surface area contributed by atoms with Crippen LogP contribution in [0.15, 0.2) is 59.5 Å². The molecule has 3 aromatic rings. The van der Waals surface area contributed by atoms with Gasteiger partial charge >= 0.3 is 11.9 Å². The number of ether oxygens (including phenoxy) is 1. The van der Waals surface area contributed by atoms with E-state index in [1.165, 1.54) is 30.5 Å². The van der Waals surface area contributed by atoms with E-state index >= 15 is 0 Å². The highest BCUT2D eigenvalue weighted by atomic mass is 32.2. The topological polar surface area (TPSA) is 106 Å². The molecular weight excluding hydrogens is 380 g/mol. The van der Waals surface area contributed by atoms with E-state index in [1.807, 2.05) is 34.9 Å². The van der Waals surface area contributed by atoms with Crippen molar-refractivity contribution in [3.63, 3.8) is 0 Å². The molecule has 28 heavy (non-hydrogen) atoms. The molecule has 1 aromatic carbocycles. The molecule has 0 saturated carbocycles. The number of benzene rings is 1. The van der Waals surface area contributed by atoms with Gasteiger partial charge in [0.25, 0.3) is 0 Å². The first-order valence-electron chi connectivity index (χ1n) is 8.42. The zero-order valence-corrected chi connectivity index (χ0v) is 15.6. The third kappa shape index (κ3) is 3.31. The van der Waals surface area contributed by atoms with Crippen molar-refractivity contribution in [2.24, 2.45) is 0 Å². The van der Waals surface area contributed by atoms with E-state index in [0.29, 0.717) is 17.6 Å². The van der Waals surface area contributed by atoms with Gasteiger partial charge in [-0.05, 0) is 12.1 Å². The van der Waals surface area contributed by atoms with E-state index in [0.717, 1.165) is 16.7 Å². The molecule has 0 aliphatic carbocycles. The molecule has 1 aliphatic heterocycles. The average molecular weight is 396 g/mol. The summed E-state index contributed by atoms with van der Waals surface area (Å²) in [6, 6.07) is 7.75. The summed E-state index contributed by atoms with van der Waals surface area (Å²) in [5.74, 6) is -1.61. The summed E-state index contributed by atoms with van der Waals surface area (Å²) < 4.78 is 6.81.